The van der Waals surface area contributed by atoms with Crippen molar-refractivity contribution >= 4 is 0 Å². The van der Waals surface area contributed by atoms with E-state index in [-0.39, 0.29) is 5.60 Å². The van der Waals surface area contributed by atoms with Crippen molar-refractivity contribution in [2.24, 2.45) is 0 Å². The number of benzene rings is 1. The van der Waals surface area contributed by atoms with Gasteiger partial charge in [0.05, 0.1) is 6.26 Å². The molecule has 0 aliphatic carbocycles. The average Bonchev–Trinajstić information content (AvgIpc) is 2.90. The van der Waals surface area contributed by atoms with Gasteiger partial charge in [-0.25, -0.2) is 0 Å². The predicted molar refractivity (Wildman–Crippen MR) is 83.5 cm³/mol. The van der Waals surface area contributed by atoms with Crippen LogP contribution in [0.1, 0.15) is 44.6 Å². The third-order valence-electron chi connectivity index (χ3n) is 3.95. The van der Waals surface area contributed by atoms with E-state index in [4.69, 9.17) is 9.15 Å². The third-order valence-corrected chi connectivity index (χ3v) is 3.95. The Morgan fingerprint density at radius 3 is 2.81 bits per heavy atom. The van der Waals surface area contributed by atoms with Gasteiger partial charge in [0.15, 0.2) is 0 Å². The molecule has 3 rings (SSSR count). The SMILES string of the molecule is CC(Cc1ccco1)NC1CC(C)(C)Oc2ccccc21. The average molecular weight is 285 g/mol. The molecule has 1 N–H and O–H groups in total. The zero-order valence-electron chi connectivity index (χ0n) is 12.9. The fraction of sp³-hybridized carbons (Fsp3) is 0.444. The Hall–Kier alpha value is -1.74. The topological polar surface area (TPSA) is 34.4 Å². The predicted octanol–water partition coefficient (Wildman–Crippen LogP) is 4.10. The third kappa shape index (κ3) is 3.30. The standard InChI is InChI=1S/C18H23NO2/c1-13(11-14-7-6-10-20-14)19-16-12-18(2,3)21-17-9-5-4-8-15(16)17/h4-10,13,16,19H,11-12H2,1-3H3. The lowest BCUT2D eigenvalue weighted by Crippen LogP contribution is -2.42. The number of furan rings is 1. The second kappa shape index (κ2) is 5.57. The summed E-state index contributed by atoms with van der Waals surface area (Å²) < 4.78 is 11.5. The van der Waals surface area contributed by atoms with E-state index in [0.717, 1.165) is 24.4 Å². The number of ether oxygens (including phenoxy) is 1. The van der Waals surface area contributed by atoms with Crippen molar-refractivity contribution in [1.29, 1.82) is 0 Å². The summed E-state index contributed by atoms with van der Waals surface area (Å²) in [7, 11) is 0. The molecule has 1 aromatic carbocycles. The van der Waals surface area contributed by atoms with Crippen LogP contribution in [0.3, 0.4) is 0 Å². The van der Waals surface area contributed by atoms with E-state index in [0.29, 0.717) is 12.1 Å². The van der Waals surface area contributed by atoms with E-state index < -0.39 is 0 Å². The smallest absolute Gasteiger partial charge is 0.124 e. The molecule has 0 fully saturated rings. The van der Waals surface area contributed by atoms with Crippen LogP contribution in [0.5, 0.6) is 5.75 Å². The minimum absolute atomic E-state index is 0.142. The van der Waals surface area contributed by atoms with E-state index in [9.17, 15) is 0 Å². The molecule has 2 aromatic rings. The van der Waals surface area contributed by atoms with Gasteiger partial charge in [0.2, 0.25) is 0 Å². The highest BCUT2D eigenvalue weighted by Crippen LogP contribution is 2.39. The molecule has 0 saturated heterocycles. The van der Waals surface area contributed by atoms with Gasteiger partial charge in [-0.1, -0.05) is 18.2 Å². The summed E-state index contributed by atoms with van der Waals surface area (Å²) in [6.45, 7) is 6.50. The van der Waals surface area contributed by atoms with Gasteiger partial charge in [0.1, 0.15) is 17.1 Å². The minimum Gasteiger partial charge on any atom is -0.487 e. The zero-order valence-corrected chi connectivity index (χ0v) is 12.9. The quantitative estimate of drug-likeness (QED) is 0.918. The summed E-state index contributed by atoms with van der Waals surface area (Å²) in [4.78, 5) is 0. The molecule has 0 saturated carbocycles. The van der Waals surface area contributed by atoms with Gasteiger partial charge in [-0.05, 0) is 39.0 Å². The van der Waals surface area contributed by atoms with E-state index in [1.54, 1.807) is 6.26 Å². The molecule has 1 aromatic heterocycles. The Labute approximate surface area is 126 Å². The Balaban J connectivity index is 1.75. The molecular weight excluding hydrogens is 262 g/mol. The maximum atomic E-state index is 6.08. The molecule has 0 spiro atoms. The maximum absolute atomic E-state index is 6.08. The summed E-state index contributed by atoms with van der Waals surface area (Å²) in [5.74, 6) is 2.02. The molecule has 0 radical (unpaired) electrons. The molecule has 3 nitrogen and oxygen atoms in total. The van der Waals surface area contributed by atoms with Gasteiger partial charge >= 0.3 is 0 Å². The number of rotatable bonds is 4. The van der Waals surface area contributed by atoms with Crippen molar-refractivity contribution in [1.82, 2.24) is 5.32 Å². The van der Waals surface area contributed by atoms with Crippen LogP contribution in [-0.2, 0) is 6.42 Å². The molecule has 0 bridgehead atoms. The van der Waals surface area contributed by atoms with E-state index in [1.807, 2.05) is 18.2 Å². The summed E-state index contributed by atoms with van der Waals surface area (Å²) in [6, 6.07) is 13.0. The monoisotopic (exact) mass is 285 g/mol. The van der Waals surface area contributed by atoms with Crippen molar-refractivity contribution in [3.8, 4) is 5.75 Å². The molecule has 1 aliphatic rings. The van der Waals surface area contributed by atoms with Crippen molar-refractivity contribution in [3.05, 3.63) is 54.0 Å². The second-order valence-electron chi connectivity index (χ2n) is 6.51. The Bertz CT molecular complexity index is 589. The van der Waals surface area contributed by atoms with Crippen LogP contribution in [0.15, 0.2) is 47.1 Å². The van der Waals surface area contributed by atoms with Crippen LogP contribution in [0.4, 0.5) is 0 Å². The van der Waals surface area contributed by atoms with Crippen LogP contribution >= 0.6 is 0 Å². The van der Waals surface area contributed by atoms with E-state index in [2.05, 4.69) is 44.3 Å². The van der Waals surface area contributed by atoms with Gasteiger partial charge < -0.3 is 14.5 Å². The number of para-hydroxylation sites is 1. The first kappa shape index (κ1) is 14.2. The Morgan fingerprint density at radius 2 is 2.05 bits per heavy atom. The lowest BCUT2D eigenvalue weighted by atomic mass is 9.89. The fourth-order valence-corrected chi connectivity index (χ4v) is 3.08. The fourth-order valence-electron chi connectivity index (χ4n) is 3.08. The summed E-state index contributed by atoms with van der Waals surface area (Å²) in [5.41, 5.74) is 1.11. The molecule has 2 atom stereocenters. The van der Waals surface area contributed by atoms with Crippen molar-refractivity contribution in [3.63, 3.8) is 0 Å². The highest BCUT2D eigenvalue weighted by Gasteiger charge is 2.33. The molecule has 1 aliphatic heterocycles. The molecule has 0 amide bonds. The van der Waals surface area contributed by atoms with Crippen LogP contribution in [0, 0.1) is 0 Å². The van der Waals surface area contributed by atoms with Crippen molar-refractivity contribution in [2.75, 3.05) is 0 Å². The number of hydrogen-bond acceptors (Lipinski definition) is 3. The Morgan fingerprint density at radius 1 is 1.24 bits per heavy atom. The lowest BCUT2D eigenvalue weighted by molar-refractivity contribution is 0.0640. The van der Waals surface area contributed by atoms with Gasteiger partial charge in [-0.3, -0.25) is 0 Å². The van der Waals surface area contributed by atoms with Crippen LogP contribution < -0.4 is 10.1 Å². The molecule has 2 heterocycles. The lowest BCUT2D eigenvalue weighted by Gasteiger charge is -2.39. The summed E-state index contributed by atoms with van der Waals surface area (Å²) in [5, 5.41) is 3.73. The van der Waals surface area contributed by atoms with E-state index in [1.165, 1.54) is 5.56 Å². The van der Waals surface area contributed by atoms with Crippen LogP contribution in [0.25, 0.3) is 0 Å². The van der Waals surface area contributed by atoms with Crippen LogP contribution in [0.2, 0.25) is 0 Å². The largest absolute Gasteiger partial charge is 0.487 e. The molecule has 21 heavy (non-hydrogen) atoms. The first-order chi connectivity index (χ1) is 10.0. The van der Waals surface area contributed by atoms with Gasteiger partial charge in [0.25, 0.3) is 0 Å². The van der Waals surface area contributed by atoms with E-state index >= 15 is 0 Å². The first-order valence-electron chi connectivity index (χ1n) is 7.60. The van der Waals surface area contributed by atoms with Gasteiger partial charge in [-0.2, -0.15) is 0 Å². The Kier molecular flexibility index (Phi) is 3.77. The summed E-state index contributed by atoms with van der Waals surface area (Å²) >= 11 is 0. The maximum Gasteiger partial charge on any atom is 0.124 e. The van der Waals surface area contributed by atoms with Gasteiger partial charge in [-0.15, -0.1) is 0 Å². The summed E-state index contributed by atoms with van der Waals surface area (Å²) in [6.07, 6.45) is 3.59. The van der Waals surface area contributed by atoms with Crippen LogP contribution in [-0.4, -0.2) is 11.6 Å². The molecule has 2 unspecified atom stereocenters. The number of hydrogen-bond donors (Lipinski definition) is 1. The highest BCUT2D eigenvalue weighted by atomic mass is 16.5. The molecular formula is C18H23NO2. The normalized spacial score (nSPS) is 21.4. The molecule has 112 valence electrons. The van der Waals surface area contributed by atoms with Gasteiger partial charge in [0, 0.05) is 30.5 Å². The minimum atomic E-state index is -0.142. The van der Waals surface area contributed by atoms with Crippen molar-refractivity contribution < 1.29 is 9.15 Å². The van der Waals surface area contributed by atoms with Crippen molar-refractivity contribution in [2.45, 2.75) is 51.3 Å². The number of fused-ring (bicyclic) bond motifs is 1. The molecule has 3 heteroatoms. The second-order valence-corrected chi connectivity index (χ2v) is 6.51. The first-order valence-corrected chi connectivity index (χ1v) is 7.60. The number of nitrogens with one attached hydrogen (secondary N) is 1. The highest BCUT2D eigenvalue weighted by molar-refractivity contribution is 5.38. The zero-order chi connectivity index (χ0) is 14.9.